The third kappa shape index (κ3) is 2.69. The SMILES string of the molecule is CN(C)C(=O)C(=Cc1ccco1)c1ccccc1. The minimum Gasteiger partial charge on any atom is -0.465 e. The average Bonchev–Trinajstić information content (AvgIpc) is 2.89. The minimum atomic E-state index is -0.0439. The van der Waals surface area contributed by atoms with Gasteiger partial charge in [-0.2, -0.15) is 0 Å². The molecule has 1 aromatic carbocycles. The zero-order valence-electron chi connectivity index (χ0n) is 10.5. The molecule has 1 heterocycles. The highest BCUT2D eigenvalue weighted by molar-refractivity contribution is 6.23. The Morgan fingerprint density at radius 1 is 1.11 bits per heavy atom. The number of likely N-dealkylation sites (N-methyl/N-ethyl adjacent to an activating group) is 1. The molecule has 0 fully saturated rings. The highest BCUT2D eigenvalue weighted by Crippen LogP contribution is 2.20. The molecule has 0 saturated carbocycles. The van der Waals surface area contributed by atoms with Gasteiger partial charge in [0.15, 0.2) is 0 Å². The molecule has 2 rings (SSSR count). The Bertz CT molecular complexity index is 539. The molecular formula is C15H15NO2. The van der Waals surface area contributed by atoms with E-state index in [0.717, 1.165) is 5.56 Å². The Morgan fingerprint density at radius 2 is 1.83 bits per heavy atom. The van der Waals surface area contributed by atoms with Crippen LogP contribution in [0.4, 0.5) is 0 Å². The van der Waals surface area contributed by atoms with Crippen molar-refractivity contribution in [2.75, 3.05) is 14.1 Å². The predicted molar refractivity (Wildman–Crippen MR) is 71.7 cm³/mol. The molecule has 0 radical (unpaired) electrons. The zero-order chi connectivity index (χ0) is 13.0. The summed E-state index contributed by atoms with van der Waals surface area (Å²) in [4.78, 5) is 13.7. The first kappa shape index (κ1) is 12.2. The Morgan fingerprint density at radius 3 is 2.39 bits per heavy atom. The summed E-state index contributed by atoms with van der Waals surface area (Å²) in [6, 6.07) is 13.2. The van der Waals surface area contributed by atoms with Gasteiger partial charge in [-0.05, 0) is 23.8 Å². The molecule has 0 aliphatic rings. The van der Waals surface area contributed by atoms with Gasteiger partial charge in [0.25, 0.3) is 5.91 Å². The molecule has 0 aliphatic heterocycles. The van der Waals surface area contributed by atoms with E-state index in [9.17, 15) is 4.79 Å². The molecule has 18 heavy (non-hydrogen) atoms. The third-order valence-electron chi connectivity index (χ3n) is 2.55. The van der Waals surface area contributed by atoms with Gasteiger partial charge in [0.1, 0.15) is 5.76 Å². The molecule has 0 N–H and O–H groups in total. The van der Waals surface area contributed by atoms with Crippen molar-refractivity contribution < 1.29 is 9.21 Å². The summed E-state index contributed by atoms with van der Waals surface area (Å²) in [5, 5.41) is 0. The van der Waals surface area contributed by atoms with Gasteiger partial charge in [0, 0.05) is 14.1 Å². The standard InChI is InChI=1S/C15H15NO2/c1-16(2)15(17)14(11-13-9-6-10-18-13)12-7-4-3-5-8-12/h3-11H,1-2H3. The first-order chi connectivity index (χ1) is 8.68. The van der Waals surface area contributed by atoms with Gasteiger partial charge in [-0.1, -0.05) is 30.3 Å². The molecule has 2 aromatic rings. The molecule has 3 heteroatoms. The number of nitrogens with zero attached hydrogens (tertiary/aromatic N) is 1. The molecule has 0 bridgehead atoms. The molecule has 0 saturated heterocycles. The van der Waals surface area contributed by atoms with Crippen molar-refractivity contribution in [1.82, 2.24) is 4.90 Å². The van der Waals surface area contributed by atoms with Crippen LogP contribution in [0.25, 0.3) is 11.6 Å². The fraction of sp³-hybridized carbons (Fsp3) is 0.133. The fourth-order valence-corrected chi connectivity index (χ4v) is 1.64. The fourth-order valence-electron chi connectivity index (χ4n) is 1.64. The van der Waals surface area contributed by atoms with Crippen molar-refractivity contribution >= 4 is 17.6 Å². The second-order valence-electron chi connectivity index (χ2n) is 4.14. The first-order valence-electron chi connectivity index (χ1n) is 5.71. The third-order valence-corrected chi connectivity index (χ3v) is 2.55. The van der Waals surface area contributed by atoms with Crippen molar-refractivity contribution in [3.05, 3.63) is 60.1 Å². The number of rotatable bonds is 3. The molecule has 92 valence electrons. The largest absolute Gasteiger partial charge is 0.465 e. The van der Waals surface area contributed by atoms with Gasteiger partial charge in [0.05, 0.1) is 11.8 Å². The summed E-state index contributed by atoms with van der Waals surface area (Å²) in [7, 11) is 3.47. The first-order valence-corrected chi connectivity index (χ1v) is 5.71. The molecule has 0 aliphatic carbocycles. The molecule has 3 nitrogen and oxygen atoms in total. The number of carbonyl (C=O) groups is 1. The zero-order valence-corrected chi connectivity index (χ0v) is 10.5. The van der Waals surface area contributed by atoms with Crippen LogP contribution in [0.3, 0.4) is 0 Å². The number of furan rings is 1. The Labute approximate surface area is 106 Å². The molecule has 0 atom stereocenters. The number of hydrogen-bond acceptors (Lipinski definition) is 2. The summed E-state index contributed by atoms with van der Waals surface area (Å²) < 4.78 is 5.27. The van der Waals surface area contributed by atoms with E-state index in [1.165, 1.54) is 0 Å². The molecular weight excluding hydrogens is 226 g/mol. The summed E-state index contributed by atoms with van der Waals surface area (Å²) in [5.74, 6) is 0.627. The van der Waals surface area contributed by atoms with Gasteiger partial charge in [0.2, 0.25) is 0 Å². The van der Waals surface area contributed by atoms with E-state index in [1.54, 1.807) is 37.4 Å². The van der Waals surface area contributed by atoms with Crippen LogP contribution in [0, 0.1) is 0 Å². The number of carbonyl (C=O) groups excluding carboxylic acids is 1. The smallest absolute Gasteiger partial charge is 0.254 e. The lowest BCUT2D eigenvalue weighted by Crippen LogP contribution is -2.22. The number of benzene rings is 1. The number of amides is 1. The van der Waals surface area contributed by atoms with E-state index in [4.69, 9.17) is 4.42 Å². The van der Waals surface area contributed by atoms with Crippen LogP contribution >= 0.6 is 0 Å². The summed E-state index contributed by atoms with van der Waals surface area (Å²) in [6.45, 7) is 0. The maximum Gasteiger partial charge on any atom is 0.254 e. The van der Waals surface area contributed by atoms with Crippen molar-refractivity contribution in [2.45, 2.75) is 0 Å². The lowest BCUT2D eigenvalue weighted by Gasteiger charge is -2.13. The normalized spacial score (nSPS) is 11.3. The van der Waals surface area contributed by atoms with E-state index >= 15 is 0 Å². The van der Waals surface area contributed by atoms with Gasteiger partial charge < -0.3 is 9.32 Å². The van der Waals surface area contributed by atoms with Crippen LogP contribution in [0.1, 0.15) is 11.3 Å². The van der Waals surface area contributed by atoms with Crippen LogP contribution in [-0.4, -0.2) is 24.9 Å². The molecule has 1 amide bonds. The summed E-state index contributed by atoms with van der Waals surface area (Å²) >= 11 is 0. The summed E-state index contributed by atoms with van der Waals surface area (Å²) in [5.41, 5.74) is 1.50. The second-order valence-corrected chi connectivity index (χ2v) is 4.14. The van der Waals surface area contributed by atoms with Crippen LogP contribution in [0.2, 0.25) is 0 Å². The Balaban J connectivity index is 2.45. The van der Waals surface area contributed by atoms with Gasteiger partial charge in [-0.3, -0.25) is 4.79 Å². The van der Waals surface area contributed by atoms with Crippen molar-refractivity contribution in [3.8, 4) is 0 Å². The maximum atomic E-state index is 12.2. The van der Waals surface area contributed by atoms with Gasteiger partial charge in [-0.25, -0.2) is 0 Å². The number of hydrogen-bond donors (Lipinski definition) is 0. The second kappa shape index (κ2) is 5.36. The van der Waals surface area contributed by atoms with Gasteiger partial charge in [-0.15, -0.1) is 0 Å². The van der Waals surface area contributed by atoms with Crippen molar-refractivity contribution in [1.29, 1.82) is 0 Å². The highest BCUT2D eigenvalue weighted by Gasteiger charge is 2.14. The van der Waals surface area contributed by atoms with Crippen molar-refractivity contribution in [3.63, 3.8) is 0 Å². The Kier molecular flexibility index (Phi) is 3.63. The van der Waals surface area contributed by atoms with E-state index < -0.39 is 0 Å². The van der Waals surface area contributed by atoms with Crippen LogP contribution in [-0.2, 0) is 4.79 Å². The molecule has 0 unspecified atom stereocenters. The monoisotopic (exact) mass is 241 g/mol. The van der Waals surface area contributed by atoms with E-state index in [-0.39, 0.29) is 5.91 Å². The van der Waals surface area contributed by atoms with E-state index in [2.05, 4.69) is 0 Å². The van der Waals surface area contributed by atoms with Crippen LogP contribution < -0.4 is 0 Å². The van der Waals surface area contributed by atoms with Crippen LogP contribution in [0.15, 0.2) is 53.1 Å². The summed E-state index contributed by atoms with van der Waals surface area (Å²) in [6.07, 6.45) is 3.35. The lowest BCUT2D eigenvalue weighted by molar-refractivity contribution is -0.122. The minimum absolute atomic E-state index is 0.0439. The molecule has 1 aromatic heterocycles. The van der Waals surface area contributed by atoms with Crippen molar-refractivity contribution in [2.24, 2.45) is 0 Å². The van der Waals surface area contributed by atoms with E-state index in [0.29, 0.717) is 11.3 Å². The average molecular weight is 241 g/mol. The quantitative estimate of drug-likeness (QED) is 0.774. The highest BCUT2D eigenvalue weighted by atomic mass is 16.3. The van der Waals surface area contributed by atoms with Crippen LogP contribution in [0.5, 0.6) is 0 Å². The Hall–Kier alpha value is -2.29. The van der Waals surface area contributed by atoms with Gasteiger partial charge >= 0.3 is 0 Å². The topological polar surface area (TPSA) is 33.5 Å². The molecule has 0 spiro atoms. The predicted octanol–water partition coefficient (Wildman–Crippen LogP) is 2.91. The van der Waals surface area contributed by atoms with E-state index in [1.807, 2.05) is 36.4 Å². The lowest BCUT2D eigenvalue weighted by atomic mass is 10.0. The maximum absolute atomic E-state index is 12.2.